The Labute approximate surface area is 208 Å². The zero-order valence-corrected chi connectivity index (χ0v) is 21.6. The summed E-state index contributed by atoms with van der Waals surface area (Å²) in [7, 11) is 3.60. The fourth-order valence-corrected chi connectivity index (χ4v) is 5.67. The summed E-state index contributed by atoms with van der Waals surface area (Å²) in [6, 6.07) is 17.9. The Hall–Kier alpha value is -2.47. The monoisotopic (exact) mass is 482 g/mol. The minimum atomic E-state index is 0.0176. The summed E-state index contributed by atoms with van der Waals surface area (Å²) in [4.78, 5) is 28.7. The average Bonchev–Trinajstić information content (AvgIpc) is 3.15. The van der Waals surface area contributed by atoms with E-state index in [1.54, 1.807) is 30.8 Å². The standard InChI is InChI=1S/C28H38N2O3S/c1-4-5-18-25-27(32)30(20-12-7-6-11-19-26(31)29(2)3)28(34-25)22-14-13-17-24(21-22)33-23-15-9-8-10-16-23/h8-10,13-17,21,25,28H,4-7,11-12,18-20H2,1-3H3. The highest BCUT2D eigenvalue weighted by Gasteiger charge is 2.40. The molecule has 1 heterocycles. The summed E-state index contributed by atoms with van der Waals surface area (Å²) in [5.74, 6) is 2.04. The van der Waals surface area contributed by atoms with E-state index in [0.717, 1.165) is 68.6 Å². The number of hydrogen-bond donors (Lipinski definition) is 0. The average molecular weight is 483 g/mol. The van der Waals surface area contributed by atoms with E-state index in [1.165, 1.54) is 0 Å². The molecule has 1 aliphatic rings. The van der Waals surface area contributed by atoms with Gasteiger partial charge >= 0.3 is 0 Å². The summed E-state index contributed by atoms with van der Waals surface area (Å²) in [6.07, 6.45) is 7.60. The highest BCUT2D eigenvalue weighted by Crippen LogP contribution is 2.45. The number of hydrogen-bond acceptors (Lipinski definition) is 4. The van der Waals surface area contributed by atoms with Gasteiger partial charge in [0, 0.05) is 27.1 Å². The first-order valence-electron chi connectivity index (χ1n) is 12.5. The van der Waals surface area contributed by atoms with Crippen molar-refractivity contribution in [3.8, 4) is 11.5 Å². The fourth-order valence-electron chi connectivity index (χ4n) is 4.15. The van der Waals surface area contributed by atoms with Crippen LogP contribution in [0.1, 0.15) is 69.2 Å². The van der Waals surface area contributed by atoms with Gasteiger partial charge in [0.15, 0.2) is 0 Å². The summed E-state index contributed by atoms with van der Waals surface area (Å²) in [5.41, 5.74) is 1.11. The lowest BCUT2D eigenvalue weighted by Crippen LogP contribution is -2.32. The second kappa shape index (κ2) is 13.4. The lowest BCUT2D eigenvalue weighted by molar-refractivity contribution is -0.130. The molecule has 6 heteroatoms. The topological polar surface area (TPSA) is 49.9 Å². The Morgan fingerprint density at radius 2 is 1.71 bits per heavy atom. The number of thioether (sulfide) groups is 1. The molecule has 2 atom stereocenters. The van der Waals surface area contributed by atoms with Crippen LogP contribution in [0.5, 0.6) is 11.5 Å². The van der Waals surface area contributed by atoms with Gasteiger partial charge in [0.2, 0.25) is 11.8 Å². The van der Waals surface area contributed by atoms with Gasteiger partial charge in [0.05, 0.1) is 5.25 Å². The Morgan fingerprint density at radius 1 is 0.971 bits per heavy atom. The van der Waals surface area contributed by atoms with Gasteiger partial charge in [-0.15, -0.1) is 11.8 Å². The Morgan fingerprint density at radius 3 is 2.44 bits per heavy atom. The first-order chi connectivity index (χ1) is 16.5. The van der Waals surface area contributed by atoms with E-state index < -0.39 is 0 Å². The van der Waals surface area contributed by atoms with Crippen molar-refractivity contribution in [2.75, 3.05) is 20.6 Å². The zero-order chi connectivity index (χ0) is 24.3. The molecule has 0 aromatic heterocycles. The van der Waals surface area contributed by atoms with Gasteiger partial charge in [-0.3, -0.25) is 9.59 Å². The maximum absolute atomic E-state index is 13.3. The number of unbranched alkanes of at least 4 members (excludes halogenated alkanes) is 4. The number of rotatable bonds is 13. The second-order valence-electron chi connectivity index (χ2n) is 9.09. The Balaban J connectivity index is 1.63. The van der Waals surface area contributed by atoms with Crippen LogP contribution in [0.15, 0.2) is 54.6 Å². The number of carbonyl (C=O) groups is 2. The highest BCUT2D eigenvalue weighted by molar-refractivity contribution is 8.01. The summed E-state index contributed by atoms with van der Waals surface area (Å²) >= 11 is 1.78. The van der Waals surface area contributed by atoms with Crippen molar-refractivity contribution in [1.29, 1.82) is 0 Å². The molecule has 0 radical (unpaired) electrons. The largest absolute Gasteiger partial charge is 0.457 e. The van der Waals surface area contributed by atoms with Crippen molar-refractivity contribution >= 4 is 23.6 Å². The molecule has 34 heavy (non-hydrogen) atoms. The van der Waals surface area contributed by atoms with Crippen molar-refractivity contribution in [1.82, 2.24) is 9.80 Å². The molecule has 0 bridgehead atoms. The normalized spacial score (nSPS) is 17.7. The third kappa shape index (κ3) is 7.52. The molecule has 3 rings (SSSR count). The lowest BCUT2D eigenvalue weighted by Gasteiger charge is -2.24. The van der Waals surface area contributed by atoms with Gasteiger partial charge < -0.3 is 14.5 Å². The molecule has 184 valence electrons. The first kappa shape index (κ1) is 26.1. The highest BCUT2D eigenvalue weighted by atomic mass is 32.2. The molecule has 0 spiro atoms. The molecule has 0 aliphatic carbocycles. The van der Waals surface area contributed by atoms with E-state index in [4.69, 9.17) is 4.74 Å². The van der Waals surface area contributed by atoms with Crippen LogP contribution in [0.2, 0.25) is 0 Å². The van der Waals surface area contributed by atoms with Crippen LogP contribution < -0.4 is 4.74 Å². The molecule has 5 nitrogen and oxygen atoms in total. The van der Waals surface area contributed by atoms with Crippen LogP contribution in [-0.4, -0.2) is 47.5 Å². The number of amides is 2. The van der Waals surface area contributed by atoms with Crippen LogP contribution in [0.25, 0.3) is 0 Å². The third-order valence-corrected chi connectivity index (χ3v) is 7.67. The van der Waals surface area contributed by atoms with E-state index >= 15 is 0 Å². The van der Waals surface area contributed by atoms with Crippen molar-refractivity contribution in [2.24, 2.45) is 0 Å². The summed E-state index contributed by atoms with van der Waals surface area (Å²) < 4.78 is 6.05. The minimum Gasteiger partial charge on any atom is -0.457 e. The Kier molecular flexibility index (Phi) is 10.3. The summed E-state index contributed by atoms with van der Waals surface area (Å²) in [6.45, 7) is 2.93. The van der Waals surface area contributed by atoms with E-state index in [2.05, 4.69) is 24.0 Å². The first-order valence-corrected chi connectivity index (χ1v) is 13.4. The molecular formula is C28H38N2O3S. The van der Waals surface area contributed by atoms with E-state index in [1.807, 2.05) is 42.5 Å². The van der Waals surface area contributed by atoms with Crippen molar-refractivity contribution < 1.29 is 14.3 Å². The van der Waals surface area contributed by atoms with E-state index in [9.17, 15) is 9.59 Å². The van der Waals surface area contributed by atoms with Gasteiger partial charge in [-0.2, -0.15) is 0 Å². The second-order valence-corrected chi connectivity index (χ2v) is 10.4. The van der Waals surface area contributed by atoms with Crippen LogP contribution in [0.4, 0.5) is 0 Å². The van der Waals surface area contributed by atoms with Crippen molar-refractivity contribution in [3.05, 3.63) is 60.2 Å². The number of benzene rings is 2. The number of para-hydroxylation sites is 1. The molecule has 0 saturated carbocycles. The maximum atomic E-state index is 13.3. The van der Waals surface area contributed by atoms with Crippen LogP contribution in [0, 0.1) is 0 Å². The molecular weight excluding hydrogens is 444 g/mol. The SMILES string of the molecule is CCCCC1SC(c2cccc(Oc3ccccc3)c2)N(CCCCCCC(=O)N(C)C)C1=O. The quantitative estimate of drug-likeness (QED) is 0.300. The molecule has 2 amide bonds. The fraction of sp³-hybridized carbons (Fsp3) is 0.500. The zero-order valence-electron chi connectivity index (χ0n) is 20.7. The molecule has 2 aromatic rings. The predicted molar refractivity (Wildman–Crippen MR) is 140 cm³/mol. The van der Waals surface area contributed by atoms with E-state index in [-0.39, 0.29) is 22.4 Å². The molecule has 2 unspecified atom stereocenters. The van der Waals surface area contributed by atoms with Crippen molar-refractivity contribution in [3.63, 3.8) is 0 Å². The maximum Gasteiger partial charge on any atom is 0.236 e. The van der Waals surface area contributed by atoms with Crippen LogP contribution >= 0.6 is 11.8 Å². The van der Waals surface area contributed by atoms with Gasteiger partial charge in [0.25, 0.3) is 0 Å². The molecule has 0 N–H and O–H groups in total. The lowest BCUT2D eigenvalue weighted by atomic mass is 10.1. The third-order valence-electron chi connectivity index (χ3n) is 6.12. The molecule has 2 aromatic carbocycles. The van der Waals surface area contributed by atoms with Gasteiger partial charge in [-0.25, -0.2) is 0 Å². The number of carbonyl (C=O) groups excluding carboxylic acids is 2. The van der Waals surface area contributed by atoms with Gasteiger partial charge in [-0.1, -0.05) is 62.9 Å². The molecule has 1 fully saturated rings. The molecule has 1 aliphatic heterocycles. The van der Waals surface area contributed by atoms with Crippen LogP contribution in [-0.2, 0) is 9.59 Å². The predicted octanol–water partition coefficient (Wildman–Crippen LogP) is 6.65. The Bertz CT molecular complexity index is 919. The number of ether oxygens (including phenoxy) is 1. The molecule has 1 saturated heterocycles. The summed E-state index contributed by atoms with van der Waals surface area (Å²) in [5, 5.41) is 0.0466. The number of nitrogens with zero attached hydrogens (tertiary/aromatic N) is 2. The minimum absolute atomic E-state index is 0.0176. The van der Waals surface area contributed by atoms with Crippen LogP contribution in [0.3, 0.4) is 0 Å². The smallest absolute Gasteiger partial charge is 0.236 e. The van der Waals surface area contributed by atoms with Crippen molar-refractivity contribution in [2.45, 2.75) is 68.9 Å². The van der Waals surface area contributed by atoms with E-state index in [0.29, 0.717) is 6.42 Å². The van der Waals surface area contributed by atoms with Gasteiger partial charge in [0.1, 0.15) is 16.9 Å². The van der Waals surface area contributed by atoms with Gasteiger partial charge in [-0.05, 0) is 49.1 Å².